The molecule has 1 atom stereocenters. The van der Waals surface area contributed by atoms with Crippen molar-refractivity contribution in [3.05, 3.63) is 65.2 Å². The minimum Gasteiger partial charge on any atom is -0.310 e. The van der Waals surface area contributed by atoms with Crippen LogP contribution in [0.15, 0.2) is 47.4 Å². The molecule has 2 aromatic carbocycles. The Labute approximate surface area is 128 Å². The number of nitrogens with one attached hydrogen (secondary N) is 1. The second kappa shape index (κ2) is 7.57. The monoisotopic (exact) mass is 307 g/mol. The number of halogens is 2. The van der Waals surface area contributed by atoms with Crippen molar-refractivity contribution in [3.63, 3.8) is 0 Å². The molecule has 0 amide bonds. The van der Waals surface area contributed by atoms with Crippen LogP contribution in [0.2, 0.25) is 0 Å². The summed E-state index contributed by atoms with van der Waals surface area (Å²) in [6.45, 7) is 5.13. The van der Waals surface area contributed by atoms with E-state index in [0.717, 1.165) is 17.0 Å². The van der Waals surface area contributed by atoms with Gasteiger partial charge in [-0.05, 0) is 48.9 Å². The first-order chi connectivity index (χ1) is 10.1. The van der Waals surface area contributed by atoms with Gasteiger partial charge in [-0.1, -0.05) is 25.1 Å². The largest absolute Gasteiger partial charge is 0.310 e. The molecule has 0 fully saturated rings. The Bertz CT molecular complexity index is 601. The Hall–Kier alpha value is -1.39. The summed E-state index contributed by atoms with van der Waals surface area (Å²) in [5, 5.41) is 3.38. The SMILES string of the molecule is CCNC(C)c1cccc(SCc2ccc(F)c(F)c2)c1. The summed E-state index contributed by atoms with van der Waals surface area (Å²) in [5.74, 6) is -0.969. The molecule has 0 saturated heterocycles. The highest BCUT2D eigenvalue weighted by atomic mass is 32.2. The van der Waals surface area contributed by atoms with Gasteiger partial charge < -0.3 is 5.32 Å². The highest BCUT2D eigenvalue weighted by molar-refractivity contribution is 7.98. The lowest BCUT2D eigenvalue weighted by Gasteiger charge is -2.13. The van der Waals surface area contributed by atoms with Crippen LogP contribution in [0.3, 0.4) is 0 Å². The number of benzene rings is 2. The number of thioether (sulfide) groups is 1. The molecule has 0 heterocycles. The lowest BCUT2D eigenvalue weighted by atomic mass is 10.1. The Morgan fingerprint density at radius 1 is 1.10 bits per heavy atom. The van der Waals surface area contributed by atoms with Crippen LogP contribution in [-0.4, -0.2) is 6.54 Å². The third kappa shape index (κ3) is 4.55. The molecular weight excluding hydrogens is 288 g/mol. The summed E-state index contributed by atoms with van der Waals surface area (Å²) < 4.78 is 26.1. The second-order valence-corrected chi connectivity index (χ2v) is 5.94. The topological polar surface area (TPSA) is 12.0 Å². The first-order valence-corrected chi connectivity index (χ1v) is 7.98. The first-order valence-electron chi connectivity index (χ1n) is 7.00. The van der Waals surface area contributed by atoms with Gasteiger partial charge in [0.15, 0.2) is 11.6 Å². The van der Waals surface area contributed by atoms with E-state index in [-0.39, 0.29) is 0 Å². The summed E-state index contributed by atoms with van der Waals surface area (Å²) in [7, 11) is 0. The quantitative estimate of drug-likeness (QED) is 0.760. The van der Waals surface area contributed by atoms with Gasteiger partial charge in [-0.15, -0.1) is 11.8 Å². The summed E-state index contributed by atoms with van der Waals surface area (Å²) >= 11 is 1.62. The molecule has 1 nitrogen and oxygen atoms in total. The van der Waals surface area contributed by atoms with Crippen molar-refractivity contribution < 1.29 is 8.78 Å². The first kappa shape index (κ1) is 16.0. The van der Waals surface area contributed by atoms with Gasteiger partial charge >= 0.3 is 0 Å². The van der Waals surface area contributed by atoms with E-state index in [2.05, 4.69) is 31.3 Å². The van der Waals surface area contributed by atoms with E-state index in [0.29, 0.717) is 11.8 Å². The molecule has 2 aromatic rings. The molecule has 0 aliphatic carbocycles. The molecule has 21 heavy (non-hydrogen) atoms. The average molecular weight is 307 g/mol. The van der Waals surface area contributed by atoms with E-state index in [1.807, 2.05) is 12.1 Å². The van der Waals surface area contributed by atoms with Crippen LogP contribution in [0, 0.1) is 11.6 Å². The minimum atomic E-state index is -0.801. The van der Waals surface area contributed by atoms with E-state index < -0.39 is 11.6 Å². The maximum absolute atomic E-state index is 13.2. The number of hydrogen-bond donors (Lipinski definition) is 1. The number of rotatable bonds is 6. The molecule has 0 aliphatic rings. The van der Waals surface area contributed by atoms with Crippen molar-refractivity contribution >= 4 is 11.8 Å². The van der Waals surface area contributed by atoms with Gasteiger partial charge in [0, 0.05) is 16.7 Å². The molecule has 0 radical (unpaired) electrons. The van der Waals surface area contributed by atoms with E-state index in [9.17, 15) is 8.78 Å². The van der Waals surface area contributed by atoms with Gasteiger partial charge in [0.05, 0.1) is 0 Å². The average Bonchev–Trinajstić information content (AvgIpc) is 2.49. The van der Waals surface area contributed by atoms with Crippen LogP contribution in [0.1, 0.15) is 31.0 Å². The zero-order valence-electron chi connectivity index (χ0n) is 12.2. The van der Waals surface area contributed by atoms with Crippen molar-refractivity contribution in [1.82, 2.24) is 5.32 Å². The van der Waals surface area contributed by atoms with Crippen molar-refractivity contribution in [3.8, 4) is 0 Å². The summed E-state index contributed by atoms with van der Waals surface area (Å²) in [6.07, 6.45) is 0. The Kier molecular flexibility index (Phi) is 5.76. The fourth-order valence-corrected chi connectivity index (χ4v) is 3.00. The number of hydrogen-bond acceptors (Lipinski definition) is 2. The van der Waals surface area contributed by atoms with E-state index in [1.165, 1.54) is 17.7 Å². The van der Waals surface area contributed by atoms with Crippen molar-refractivity contribution in [2.75, 3.05) is 6.54 Å². The molecule has 0 aromatic heterocycles. The molecule has 4 heteroatoms. The third-order valence-electron chi connectivity index (χ3n) is 3.26. The van der Waals surface area contributed by atoms with Crippen LogP contribution in [0.25, 0.3) is 0 Å². The molecule has 2 rings (SSSR count). The smallest absolute Gasteiger partial charge is 0.159 e. The van der Waals surface area contributed by atoms with E-state index >= 15 is 0 Å². The summed E-state index contributed by atoms with van der Waals surface area (Å²) in [4.78, 5) is 1.13. The molecule has 112 valence electrons. The molecule has 1 N–H and O–H groups in total. The fourth-order valence-electron chi connectivity index (χ4n) is 2.09. The Balaban J connectivity index is 2.02. The predicted octanol–water partition coefficient (Wildman–Crippen LogP) is 4.93. The maximum Gasteiger partial charge on any atom is 0.159 e. The van der Waals surface area contributed by atoms with Crippen LogP contribution in [0.5, 0.6) is 0 Å². The molecular formula is C17H19F2NS. The normalized spacial score (nSPS) is 12.4. The minimum absolute atomic E-state index is 0.304. The van der Waals surface area contributed by atoms with Gasteiger partial charge in [0.1, 0.15) is 0 Å². The lowest BCUT2D eigenvalue weighted by Crippen LogP contribution is -2.17. The second-order valence-electron chi connectivity index (χ2n) is 4.89. The van der Waals surface area contributed by atoms with E-state index in [4.69, 9.17) is 0 Å². The van der Waals surface area contributed by atoms with Gasteiger partial charge in [-0.25, -0.2) is 8.78 Å². The van der Waals surface area contributed by atoms with Crippen LogP contribution in [-0.2, 0) is 5.75 Å². The molecule has 0 bridgehead atoms. The van der Waals surface area contributed by atoms with Gasteiger partial charge in [0.25, 0.3) is 0 Å². The van der Waals surface area contributed by atoms with Gasteiger partial charge in [-0.3, -0.25) is 0 Å². The fraction of sp³-hybridized carbons (Fsp3) is 0.294. The zero-order valence-corrected chi connectivity index (χ0v) is 13.0. The Morgan fingerprint density at radius 3 is 2.62 bits per heavy atom. The highest BCUT2D eigenvalue weighted by Gasteiger charge is 2.06. The summed E-state index contributed by atoms with van der Waals surface area (Å²) in [6, 6.07) is 12.6. The summed E-state index contributed by atoms with van der Waals surface area (Å²) in [5.41, 5.74) is 2.01. The lowest BCUT2D eigenvalue weighted by molar-refractivity contribution is 0.507. The van der Waals surface area contributed by atoms with Gasteiger partial charge in [-0.2, -0.15) is 0 Å². The molecule has 0 aliphatic heterocycles. The van der Waals surface area contributed by atoms with Gasteiger partial charge in [0.2, 0.25) is 0 Å². The van der Waals surface area contributed by atoms with Crippen molar-refractivity contribution in [2.24, 2.45) is 0 Å². The van der Waals surface area contributed by atoms with Crippen molar-refractivity contribution in [1.29, 1.82) is 0 Å². The van der Waals surface area contributed by atoms with Crippen molar-refractivity contribution in [2.45, 2.75) is 30.5 Å². The third-order valence-corrected chi connectivity index (χ3v) is 4.32. The van der Waals surface area contributed by atoms with Crippen LogP contribution < -0.4 is 5.32 Å². The van der Waals surface area contributed by atoms with Crippen LogP contribution in [0.4, 0.5) is 8.78 Å². The van der Waals surface area contributed by atoms with E-state index in [1.54, 1.807) is 17.8 Å². The Morgan fingerprint density at radius 2 is 1.90 bits per heavy atom. The standard InChI is InChI=1S/C17H19F2NS/c1-3-20-12(2)14-5-4-6-15(10-14)21-11-13-7-8-16(18)17(19)9-13/h4-10,12,20H,3,11H2,1-2H3. The molecule has 1 unspecified atom stereocenters. The predicted molar refractivity (Wildman–Crippen MR) is 84.5 cm³/mol. The highest BCUT2D eigenvalue weighted by Crippen LogP contribution is 2.26. The molecule has 0 saturated carbocycles. The maximum atomic E-state index is 13.2. The zero-order chi connectivity index (χ0) is 15.2. The molecule has 0 spiro atoms. The van der Waals surface area contributed by atoms with Crippen LogP contribution >= 0.6 is 11.8 Å².